The van der Waals surface area contributed by atoms with Crippen LogP contribution in [0.4, 0.5) is 0 Å². The predicted molar refractivity (Wildman–Crippen MR) is 80.1 cm³/mol. The number of hydrogen-bond donors (Lipinski definition) is 1. The van der Waals surface area contributed by atoms with Crippen LogP contribution >= 0.6 is 0 Å². The van der Waals surface area contributed by atoms with Crippen LogP contribution in [0, 0.1) is 0 Å². The van der Waals surface area contributed by atoms with Gasteiger partial charge in [-0.1, -0.05) is 0 Å². The van der Waals surface area contributed by atoms with Gasteiger partial charge in [0.15, 0.2) is 0 Å². The van der Waals surface area contributed by atoms with Gasteiger partial charge in [0.1, 0.15) is 0 Å². The molecule has 20 heavy (non-hydrogen) atoms. The Labute approximate surface area is 123 Å². The molecule has 4 heteroatoms. The molecule has 1 atom stereocenters. The third kappa shape index (κ3) is 3.94. The average Bonchev–Trinajstić information content (AvgIpc) is 2.98. The maximum absolute atomic E-state index is 6.10. The summed E-state index contributed by atoms with van der Waals surface area (Å²) in [5.74, 6) is 0. The fourth-order valence-corrected chi connectivity index (χ4v) is 3.91. The summed E-state index contributed by atoms with van der Waals surface area (Å²) in [6.07, 6.45) is 8.60. The summed E-state index contributed by atoms with van der Waals surface area (Å²) in [4.78, 5) is 2.60. The Morgan fingerprint density at radius 3 is 2.70 bits per heavy atom. The highest BCUT2D eigenvalue weighted by atomic mass is 16.5. The molecule has 1 N–H and O–H groups in total. The SMILES string of the molecule is C1CCN(CCCNC2CCOC3(CCOCC3)C2)C1. The Bertz CT molecular complexity index is 281. The zero-order valence-electron chi connectivity index (χ0n) is 12.7. The van der Waals surface area contributed by atoms with Crippen LogP contribution in [0.5, 0.6) is 0 Å². The van der Waals surface area contributed by atoms with E-state index in [0.29, 0.717) is 6.04 Å². The molecular formula is C16H30N2O2. The summed E-state index contributed by atoms with van der Waals surface area (Å²) in [6.45, 7) is 7.75. The lowest BCUT2D eigenvalue weighted by Gasteiger charge is -2.43. The number of likely N-dealkylation sites (tertiary alicyclic amines) is 1. The second-order valence-electron chi connectivity index (χ2n) is 6.69. The van der Waals surface area contributed by atoms with Crippen LogP contribution < -0.4 is 5.32 Å². The number of nitrogens with one attached hydrogen (secondary N) is 1. The van der Waals surface area contributed by atoms with Gasteiger partial charge in [0.25, 0.3) is 0 Å². The largest absolute Gasteiger partial charge is 0.381 e. The first-order valence-electron chi connectivity index (χ1n) is 8.54. The van der Waals surface area contributed by atoms with E-state index in [1.165, 1.54) is 51.7 Å². The van der Waals surface area contributed by atoms with E-state index in [2.05, 4.69) is 10.2 Å². The van der Waals surface area contributed by atoms with E-state index in [0.717, 1.165) is 39.2 Å². The van der Waals surface area contributed by atoms with E-state index in [1.807, 2.05) is 0 Å². The molecule has 4 nitrogen and oxygen atoms in total. The van der Waals surface area contributed by atoms with Crippen LogP contribution in [0.3, 0.4) is 0 Å². The molecule has 3 heterocycles. The van der Waals surface area contributed by atoms with Crippen molar-refractivity contribution in [3.8, 4) is 0 Å². The lowest BCUT2D eigenvalue weighted by molar-refractivity contribution is -0.140. The first-order valence-corrected chi connectivity index (χ1v) is 8.54. The molecule has 0 bridgehead atoms. The molecule has 0 radical (unpaired) electrons. The molecule has 3 rings (SSSR count). The summed E-state index contributed by atoms with van der Waals surface area (Å²) in [5, 5.41) is 3.77. The Hall–Kier alpha value is -0.160. The second-order valence-corrected chi connectivity index (χ2v) is 6.69. The third-order valence-corrected chi connectivity index (χ3v) is 5.18. The first kappa shape index (κ1) is 14.8. The Kier molecular flexibility index (Phi) is 5.32. The van der Waals surface area contributed by atoms with Gasteiger partial charge in [-0.3, -0.25) is 0 Å². The molecule has 0 aliphatic carbocycles. The maximum atomic E-state index is 6.10. The van der Waals surface area contributed by atoms with E-state index >= 15 is 0 Å². The van der Waals surface area contributed by atoms with Gasteiger partial charge < -0.3 is 19.7 Å². The zero-order chi connectivity index (χ0) is 13.7. The van der Waals surface area contributed by atoms with E-state index in [9.17, 15) is 0 Å². The molecule has 0 aromatic heterocycles. The van der Waals surface area contributed by atoms with Crippen molar-refractivity contribution in [2.45, 2.75) is 56.6 Å². The van der Waals surface area contributed by atoms with Gasteiger partial charge in [-0.15, -0.1) is 0 Å². The minimum Gasteiger partial charge on any atom is -0.381 e. The highest BCUT2D eigenvalue weighted by Crippen LogP contribution is 2.34. The number of hydrogen-bond acceptors (Lipinski definition) is 4. The van der Waals surface area contributed by atoms with Gasteiger partial charge in [0, 0.05) is 25.9 Å². The van der Waals surface area contributed by atoms with Gasteiger partial charge in [-0.05, 0) is 71.1 Å². The van der Waals surface area contributed by atoms with Gasteiger partial charge in [-0.2, -0.15) is 0 Å². The van der Waals surface area contributed by atoms with Crippen LogP contribution in [0.2, 0.25) is 0 Å². The molecule has 1 spiro atoms. The number of nitrogens with zero attached hydrogens (tertiary/aromatic N) is 1. The highest BCUT2D eigenvalue weighted by Gasteiger charge is 2.38. The molecule has 0 amide bonds. The van der Waals surface area contributed by atoms with E-state index in [1.54, 1.807) is 0 Å². The van der Waals surface area contributed by atoms with E-state index < -0.39 is 0 Å². The smallest absolute Gasteiger partial charge is 0.0741 e. The molecule has 3 aliphatic rings. The molecule has 0 aromatic rings. The lowest BCUT2D eigenvalue weighted by Crippen LogP contribution is -2.50. The number of rotatable bonds is 5. The summed E-state index contributed by atoms with van der Waals surface area (Å²) < 4.78 is 11.6. The third-order valence-electron chi connectivity index (χ3n) is 5.18. The van der Waals surface area contributed by atoms with Crippen LogP contribution in [0.15, 0.2) is 0 Å². The standard InChI is InChI=1S/C16H30N2O2/c1-2-9-18(8-1)10-3-7-17-15-4-11-20-16(14-15)5-12-19-13-6-16/h15,17H,1-14H2. The molecular weight excluding hydrogens is 252 g/mol. The fourth-order valence-electron chi connectivity index (χ4n) is 3.91. The van der Waals surface area contributed by atoms with Crippen molar-refractivity contribution in [3.05, 3.63) is 0 Å². The summed E-state index contributed by atoms with van der Waals surface area (Å²) in [6, 6.07) is 0.653. The molecule has 3 aliphatic heterocycles. The van der Waals surface area contributed by atoms with Crippen LogP contribution in [0.1, 0.15) is 44.9 Å². The van der Waals surface area contributed by atoms with Crippen molar-refractivity contribution in [2.75, 3.05) is 46.0 Å². The summed E-state index contributed by atoms with van der Waals surface area (Å²) in [5.41, 5.74) is 0.128. The predicted octanol–water partition coefficient (Wildman–Crippen LogP) is 1.79. The normalized spacial score (nSPS) is 30.9. The molecule has 0 aromatic carbocycles. The molecule has 1 unspecified atom stereocenters. The molecule has 116 valence electrons. The molecule has 3 fully saturated rings. The molecule has 3 saturated heterocycles. The monoisotopic (exact) mass is 282 g/mol. The number of ether oxygens (including phenoxy) is 2. The van der Waals surface area contributed by atoms with E-state index in [-0.39, 0.29) is 5.60 Å². The van der Waals surface area contributed by atoms with Gasteiger partial charge >= 0.3 is 0 Å². The van der Waals surface area contributed by atoms with Gasteiger partial charge in [0.05, 0.1) is 5.60 Å². The lowest BCUT2D eigenvalue weighted by atomic mass is 9.84. The van der Waals surface area contributed by atoms with Crippen LogP contribution in [-0.4, -0.2) is 62.5 Å². The Balaban J connectivity index is 1.34. The molecule has 0 saturated carbocycles. The quantitative estimate of drug-likeness (QED) is 0.780. The van der Waals surface area contributed by atoms with Crippen LogP contribution in [0.25, 0.3) is 0 Å². The van der Waals surface area contributed by atoms with E-state index in [4.69, 9.17) is 9.47 Å². The Morgan fingerprint density at radius 2 is 1.90 bits per heavy atom. The van der Waals surface area contributed by atoms with Crippen molar-refractivity contribution in [1.29, 1.82) is 0 Å². The first-order chi connectivity index (χ1) is 9.86. The summed E-state index contributed by atoms with van der Waals surface area (Å²) >= 11 is 0. The zero-order valence-corrected chi connectivity index (χ0v) is 12.7. The minimum atomic E-state index is 0.128. The van der Waals surface area contributed by atoms with Crippen molar-refractivity contribution in [2.24, 2.45) is 0 Å². The highest BCUT2D eigenvalue weighted by molar-refractivity contribution is 4.91. The van der Waals surface area contributed by atoms with Gasteiger partial charge in [-0.25, -0.2) is 0 Å². The fraction of sp³-hybridized carbons (Fsp3) is 1.00. The van der Waals surface area contributed by atoms with Crippen molar-refractivity contribution in [3.63, 3.8) is 0 Å². The van der Waals surface area contributed by atoms with Gasteiger partial charge in [0.2, 0.25) is 0 Å². The van der Waals surface area contributed by atoms with Crippen molar-refractivity contribution in [1.82, 2.24) is 10.2 Å². The van der Waals surface area contributed by atoms with Crippen LogP contribution in [-0.2, 0) is 9.47 Å². The Morgan fingerprint density at radius 1 is 1.10 bits per heavy atom. The maximum Gasteiger partial charge on any atom is 0.0741 e. The average molecular weight is 282 g/mol. The topological polar surface area (TPSA) is 33.7 Å². The minimum absolute atomic E-state index is 0.128. The summed E-state index contributed by atoms with van der Waals surface area (Å²) in [7, 11) is 0. The van der Waals surface area contributed by atoms with Crippen molar-refractivity contribution < 1.29 is 9.47 Å². The van der Waals surface area contributed by atoms with Crippen molar-refractivity contribution >= 4 is 0 Å². The second kappa shape index (κ2) is 7.21.